The molecule has 3 heteroatoms. The molecule has 1 atom stereocenters. The summed E-state index contributed by atoms with van der Waals surface area (Å²) < 4.78 is 0. The second-order valence-electron chi connectivity index (χ2n) is 4.15. The van der Waals surface area contributed by atoms with E-state index >= 15 is 0 Å². The van der Waals surface area contributed by atoms with Crippen LogP contribution in [0.1, 0.15) is 34.1 Å². The van der Waals surface area contributed by atoms with Gasteiger partial charge in [-0.05, 0) is 33.1 Å². The SMILES string of the molecule is CC(=CC(C)CC(C)(C)O)C(=O)O. The van der Waals surface area contributed by atoms with Crippen LogP contribution in [0.2, 0.25) is 0 Å². The summed E-state index contributed by atoms with van der Waals surface area (Å²) in [6.45, 7) is 6.88. The largest absolute Gasteiger partial charge is 0.478 e. The maximum absolute atomic E-state index is 10.5. The molecule has 0 aromatic heterocycles. The molecule has 2 N–H and O–H groups in total. The number of carboxylic acids is 1. The Bertz CT molecular complexity index is 211. The Hall–Kier alpha value is -0.830. The first-order valence-corrected chi connectivity index (χ1v) is 4.36. The van der Waals surface area contributed by atoms with Crippen LogP contribution >= 0.6 is 0 Å². The lowest BCUT2D eigenvalue weighted by Gasteiger charge is -2.20. The van der Waals surface area contributed by atoms with E-state index in [1.807, 2.05) is 6.92 Å². The third-order valence-electron chi connectivity index (χ3n) is 1.69. The smallest absolute Gasteiger partial charge is 0.330 e. The molecule has 0 aliphatic rings. The van der Waals surface area contributed by atoms with E-state index in [4.69, 9.17) is 5.11 Å². The summed E-state index contributed by atoms with van der Waals surface area (Å²) in [5, 5.41) is 18.1. The van der Waals surface area contributed by atoms with Crippen LogP contribution < -0.4 is 0 Å². The Morgan fingerprint density at radius 1 is 1.54 bits per heavy atom. The van der Waals surface area contributed by atoms with Gasteiger partial charge >= 0.3 is 5.97 Å². The van der Waals surface area contributed by atoms with E-state index in [-0.39, 0.29) is 5.92 Å². The van der Waals surface area contributed by atoms with Crippen molar-refractivity contribution in [3.8, 4) is 0 Å². The van der Waals surface area contributed by atoms with Gasteiger partial charge in [-0.3, -0.25) is 0 Å². The van der Waals surface area contributed by atoms with E-state index in [2.05, 4.69) is 0 Å². The van der Waals surface area contributed by atoms with E-state index in [1.54, 1.807) is 26.8 Å². The molecular weight excluding hydrogens is 168 g/mol. The predicted molar refractivity (Wildman–Crippen MR) is 51.5 cm³/mol. The number of aliphatic carboxylic acids is 1. The monoisotopic (exact) mass is 186 g/mol. The fourth-order valence-electron chi connectivity index (χ4n) is 1.34. The van der Waals surface area contributed by atoms with E-state index in [1.165, 1.54) is 0 Å². The second kappa shape index (κ2) is 4.42. The molecule has 0 spiro atoms. The summed E-state index contributed by atoms with van der Waals surface area (Å²) in [6, 6.07) is 0. The summed E-state index contributed by atoms with van der Waals surface area (Å²) in [4.78, 5) is 10.5. The van der Waals surface area contributed by atoms with Crippen molar-refractivity contribution >= 4 is 5.97 Å². The first kappa shape index (κ1) is 12.2. The molecule has 0 aromatic rings. The van der Waals surface area contributed by atoms with Gasteiger partial charge in [0.1, 0.15) is 0 Å². The van der Waals surface area contributed by atoms with Crippen molar-refractivity contribution in [3.05, 3.63) is 11.6 Å². The molecule has 0 fully saturated rings. The van der Waals surface area contributed by atoms with Crippen LogP contribution in [0.5, 0.6) is 0 Å². The molecule has 0 bridgehead atoms. The summed E-state index contributed by atoms with van der Waals surface area (Å²) in [7, 11) is 0. The molecule has 1 unspecified atom stereocenters. The quantitative estimate of drug-likeness (QED) is 0.658. The predicted octanol–water partition coefficient (Wildman–Crippen LogP) is 1.81. The van der Waals surface area contributed by atoms with Gasteiger partial charge in [0.2, 0.25) is 0 Å². The average molecular weight is 186 g/mol. The van der Waals surface area contributed by atoms with Crippen molar-refractivity contribution < 1.29 is 15.0 Å². The van der Waals surface area contributed by atoms with Gasteiger partial charge in [-0.1, -0.05) is 13.0 Å². The second-order valence-corrected chi connectivity index (χ2v) is 4.15. The number of carboxylic acid groups (broad SMARTS) is 1. The summed E-state index contributed by atoms with van der Waals surface area (Å²) in [5.41, 5.74) is -0.411. The number of hydrogen-bond acceptors (Lipinski definition) is 2. The van der Waals surface area contributed by atoms with Crippen LogP contribution in [0, 0.1) is 5.92 Å². The highest BCUT2D eigenvalue weighted by Gasteiger charge is 2.16. The van der Waals surface area contributed by atoms with Crippen LogP contribution in [0.25, 0.3) is 0 Å². The standard InChI is InChI=1S/C10H18O3/c1-7(6-10(3,4)13)5-8(2)9(11)12/h5,7,13H,6H2,1-4H3,(H,11,12). The molecule has 0 heterocycles. The van der Waals surface area contributed by atoms with Crippen LogP contribution in [0.3, 0.4) is 0 Å². The molecule has 0 radical (unpaired) electrons. The third kappa shape index (κ3) is 6.34. The third-order valence-corrected chi connectivity index (χ3v) is 1.69. The van der Waals surface area contributed by atoms with Crippen molar-refractivity contribution in [2.24, 2.45) is 5.92 Å². The number of aliphatic hydroxyl groups is 1. The molecule has 0 aliphatic heterocycles. The zero-order valence-corrected chi connectivity index (χ0v) is 8.66. The zero-order valence-electron chi connectivity index (χ0n) is 8.66. The van der Waals surface area contributed by atoms with Crippen molar-refractivity contribution in [1.29, 1.82) is 0 Å². The molecule has 3 nitrogen and oxygen atoms in total. The number of rotatable bonds is 4. The fraction of sp³-hybridized carbons (Fsp3) is 0.700. The van der Waals surface area contributed by atoms with Crippen LogP contribution in [-0.2, 0) is 4.79 Å². The van der Waals surface area contributed by atoms with Crippen molar-refractivity contribution in [2.45, 2.75) is 39.7 Å². The highest BCUT2D eigenvalue weighted by molar-refractivity contribution is 5.85. The number of allylic oxidation sites excluding steroid dienone is 1. The van der Waals surface area contributed by atoms with Crippen molar-refractivity contribution in [2.75, 3.05) is 0 Å². The minimum Gasteiger partial charge on any atom is -0.478 e. The minimum atomic E-state index is -0.900. The first-order valence-electron chi connectivity index (χ1n) is 4.36. The Labute approximate surface area is 79.1 Å². The van der Waals surface area contributed by atoms with Crippen molar-refractivity contribution in [1.82, 2.24) is 0 Å². The van der Waals surface area contributed by atoms with Gasteiger partial charge in [-0.25, -0.2) is 4.79 Å². The molecule has 13 heavy (non-hydrogen) atoms. The molecule has 0 amide bonds. The Kier molecular flexibility index (Phi) is 4.14. The Morgan fingerprint density at radius 2 is 2.00 bits per heavy atom. The molecule has 0 aliphatic carbocycles. The molecule has 0 saturated carbocycles. The van der Waals surface area contributed by atoms with Gasteiger partial charge in [0, 0.05) is 5.57 Å². The lowest BCUT2D eigenvalue weighted by Crippen LogP contribution is -2.21. The molecular formula is C10H18O3. The van der Waals surface area contributed by atoms with Crippen LogP contribution in [-0.4, -0.2) is 21.8 Å². The maximum Gasteiger partial charge on any atom is 0.330 e. The van der Waals surface area contributed by atoms with Crippen molar-refractivity contribution in [3.63, 3.8) is 0 Å². The highest BCUT2D eigenvalue weighted by Crippen LogP contribution is 2.17. The number of carbonyl (C=O) groups is 1. The van der Waals surface area contributed by atoms with Crippen LogP contribution in [0.15, 0.2) is 11.6 Å². The Balaban J connectivity index is 4.23. The van der Waals surface area contributed by atoms with Gasteiger partial charge in [0.25, 0.3) is 0 Å². The van der Waals surface area contributed by atoms with Gasteiger partial charge < -0.3 is 10.2 Å². The molecule has 0 rings (SSSR count). The fourth-order valence-corrected chi connectivity index (χ4v) is 1.34. The van der Waals surface area contributed by atoms with E-state index in [0.717, 1.165) is 0 Å². The lowest BCUT2D eigenvalue weighted by atomic mass is 9.93. The lowest BCUT2D eigenvalue weighted by molar-refractivity contribution is -0.132. The molecule has 0 aromatic carbocycles. The van der Waals surface area contributed by atoms with E-state index in [9.17, 15) is 9.90 Å². The summed E-state index contributed by atoms with van der Waals surface area (Å²) in [6.07, 6.45) is 2.23. The van der Waals surface area contributed by atoms with Gasteiger partial charge in [0.15, 0.2) is 0 Å². The molecule has 0 saturated heterocycles. The normalized spacial score (nSPS) is 15.6. The van der Waals surface area contributed by atoms with E-state index < -0.39 is 11.6 Å². The molecule has 76 valence electrons. The summed E-state index contributed by atoms with van der Waals surface area (Å²) >= 11 is 0. The Morgan fingerprint density at radius 3 is 2.31 bits per heavy atom. The maximum atomic E-state index is 10.5. The number of hydrogen-bond donors (Lipinski definition) is 2. The van der Waals surface area contributed by atoms with Gasteiger partial charge in [0.05, 0.1) is 5.60 Å². The highest BCUT2D eigenvalue weighted by atomic mass is 16.4. The average Bonchev–Trinajstić information content (AvgIpc) is 1.81. The topological polar surface area (TPSA) is 57.5 Å². The van der Waals surface area contributed by atoms with Gasteiger partial charge in [-0.2, -0.15) is 0 Å². The van der Waals surface area contributed by atoms with Crippen LogP contribution in [0.4, 0.5) is 0 Å². The zero-order chi connectivity index (χ0) is 10.6. The minimum absolute atomic E-state index is 0.0797. The first-order chi connectivity index (χ1) is 5.72. The summed E-state index contributed by atoms with van der Waals surface area (Å²) in [5.74, 6) is -0.821. The van der Waals surface area contributed by atoms with Gasteiger partial charge in [-0.15, -0.1) is 0 Å². The van der Waals surface area contributed by atoms with E-state index in [0.29, 0.717) is 12.0 Å².